The van der Waals surface area contributed by atoms with Crippen LogP contribution in [0.2, 0.25) is 5.04 Å². The summed E-state index contributed by atoms with van der Waals surface area (Å²) in [5.74, 6) is 0. The van der Waals surface area contributed by atoms with Crippen LogP contribution >= 0.6 is 0 Å². The van der Waals surface area contributed by atoms with E-state index in [4.69, 9.17) is 0 Å². The fourth-order valence-electron chi connectivity index (χ4n) is 2.24. The molecule has 0 radical (unpaired) electrons. The standard InChI is InChI=1S/C16H19Si.Na/c1-16(2,3)17(14-10-6-4-7-11-14)15-12-8-5-9-13-15;/h4-13H,1-3H3;/q-1;+1. The molecule has 2 rings (SSSR count). The van der Waals surface area contributed by atoms with E-state index in [2.05, 4.69) is 81.4 Å². The first-order valence-electron chi connectivity index (χ1n) is 6.07. The maximum atomic E-state index is 2.35. The number of hydrogen-bond acceptors (Lipinski definition) is 0. The molecule has 0 saturated carbocycles. The first-order chi connectivity index (χ1) is 8.09. The molecular formula is C16H19NaSi. The van der Waals surface area contributed by atoms with Gasteiger partial charge in [-0.1, -0.05) is 81.4 Å². The predicted molar refractivity (Wildman–Crippen MR) is 77.6 cm³/mol. The molecule has 0 aromatic heterocycles. The van der Waals surface area contributed by atoms with Crippen molar-refractivity contribution in [3.63, 3.8) is 0 Å². The van der Waals surface area contributed by atoms with Crippen molar-refractivity contribution >= 4 is 19.2 Å². The molecule has 0 atom stereocenters. The van der Waals surface area contributed by atoms with Crippen molar-refractivity contribution in [2.45, 2.75) is 25.8 Å². The van der Waals surface area contributed by atoms with Crippen LogP contribution in [0.5, 0.6) is 0 Å². The van der Waals surface area contributed by atoms with Gasteiger partial charge in [0.1, 0.15) is 0 Å². The van der Waals surface area contributed by atoms with E-state index in [1.165, 1.54) is 10.4 Å². The van der Waals surface area contributed by atoms with Crippen molar-refractivity contribution < 1.29 is 29.6 Å². The van der Waals surface area contributed by atoms with E-state index in [-0.39, 0.29) is 29.6 Å². The van der Waals surface area contributed by atoms with Gasteiger partial charge in [-0.3, -0.25) is 0 Å². The van der Waals surface area contributed by atoms with Crippen molar-refractivity contribution in [3.05, 3.63) is 60.7 Å². The van der Waals surface area contributed by atoms with Gasteiger partial charge in [-0.25, -0.2) is 8.80 Å². The quantitative estimate of drug-likeness (QED) is 0.674. The third-order valence-electron chi connectivity index (χ3n) is 2.87. The van der Waals surface area contributed by atoms with Gasteiger partial charge >= 0.3 is 29.6 Å². The zero-order valence-corrected chi connectivity index (χ0v) is 14.8. The third-order valence-corrected chi connectivity index (χ3v) is 6.20. The van der Waals surface area contributed by atoms with Gasteiger partial charge in [-0.15, -0.1) is 5.04 Å². The second-order valence-electron chi connectivity index (χ2n) is 5.36. The minimum atomic E-state index is -0.715. The van der Waals surface area contributed by atoms with Crippen LogP contribution < -0.4 is 39.9 Å². The predicted octanol–water partition coefficient (Wildman–Crippen LogP) is 0.0997. The fraction of sp³-hybridized carbons (Fsp3) is 0.250. The van der Waals surface area contributed by atoms with Gasteiger partial charge in [0.2, 0.25) is 0 Å². The van der Waals surface area contributed by atoms with Crippen LogP contribution in [0.4, 0.5) is 0 Å². The summed E-state index contributed by atoms with van der Waals surface area (Å²) in [5, 5.41) is 3.32. The molecule has 0 aliphatic heterocycles. The molecule has 0 fully saturated rings. The van der Waals surface area contributed by atoms with E-state index in [1.54, 1.807) is 0 Å². The van der Waals surface area contributed by atoms with Gasteiger partial charge in [-0.2, -0.15) is 10.4 Å². The maximum Gasteiger partial charge on any atom is 1.00 e. The van der Waals surface area contributed by atoms with Crippen molar-refractivity contribution in [2.75, 3.05) is 0 Å². The first-order valence-corrected chi connectivity index (χ1v) is 7.57. The molecule has 2 heteroatoms. The van der Waals surface area contributed by atoms with Crippen LogP contribution in [0.25, 0.3) is 0 Å². The summed E-state index contributed by atoms with van der Waals surface area (Å²) in [6, 6.07) is 21.9. The number of benzene rings is 2. The maximum absolute atomic E-state index is 2.35. The van der Waals surface area contributed by atoms with Crippen molar-refractivity contribution in [1.82, 2.24) is 0 Å². The molecule has 0 aliphatic carbocycles. The summed E-state index contributed by atoms with van der Waals surface area (Å²) in [6.07, 6.45) is 0. The van der Waals surface area contributed by atoms with E-state index in [0.717, 1.165) is 0 Å². The molecule has 2 aromatic rings. The Kier molecular flexibility index (Phi) is 5.86. The zero-order valence-electron chi connectivity index (χ0n) is 11.8. The average Bonchev–Trinajstić information content (AvgIpc) is 2.30. The summed E-state index contributed by atoms with van der Waals surface area (Å²) in [6.45, 7) is 7.05. The molecule has 88 valence electrons. The molecule has 0 saturated heterocycles. The van der Waals surface area contributed by atoms with Crippen LogP contribution in [-0.2, 0) is 0 Å². The van der Waals surface area contributed by atoms with E-state index >= 15 is 0 Å². The van der Waals surface area contributed by atoms with Gasteiger partial charge in [0.05, 0.1) is 0 Å². The summed E-state index contributed by atoms with van der Waals surface area (Å²) >= 11 is 0. The molecule has 0 aliphatic rings. The smallest absolute Gasteiger partial charge is 0.245 e. The number of hydrogen-bond donors (Lipinski definition) is 0. The minimum absolute atomic E-state index is 0. The summed E-state index contributed by atoms with van der Waals surface area (Å²) < 4.78 is 0. The second kappa shape index (κ2) is 6.72. The van der Waals surface area contributed by atoms with Crippen LogP contribution in [0.15, 0.2) is 60.7 Å². The number of rotatable bonds is 2. The average molecular weight is 262 g/mol. The van der Waals surface area contributed by atoms with E-state index in [0.29, 0.717) is 5.04 Å². The second-order valence-corrected chi connectivity index (χ2v) is 8.76. The van der Waals surface area contributed by atoms with Gasteiger partial charge in [0, 0.05) is 0 Å². The van der Waals surface area contributed by atoms with Crippen LogP contribution in [-0.4, -0.2) is 8.80 Å². The molecule has 0 bridgehead atoms. The van der Waals surface area contributed by atoms with Gasteiger partial charge < -0.3 is 0 Å². The normalized spacial score (nSPS) is 10.6. The summed E-state index contributed by atoms with van der Waals surface area (Å²) in [5.41, 5.74) is 0. The monoisotopic (exact) mass is 262 g/mol. The van der Waals surface area contributed by atoms with Crippen molar-refractivity contribution in [2.24, 2.45) is 0 Å². The van der Waals surface area contributed by atoms with E-state index in [1.807, 2.05) is 0 Å². The van der Waals surface area contributed by atoms with Gasteiger partial charge in [-0.05, 0) is 0 Å². The molecule has 2 aromatic carbocycles. The Hall–Kier alpha value is -0.343. The third kappa shape index (κ3) is 3.82. The molecule has 18 heavy (non-hydrogen) atoms. The largest absolute Gasteiger partial charge is 1.00 e. The Labute approximate surface area is 134 Å². The molecular weight excluding hydrogens is 243 g/mol. The van der Waals surface area contributed by atoms with Crippen LogP contribution in [0.3, 0.4) is 0 Å². The van der Waals surface area contributed by atoms with Gasteiger partial charge in [0.25, 0.3) is 0 Å². The molecule has 0 N–H and O–H groups in total. The topological polar surface area (TPSA) is 0 Å². The van der Waals surface area contributed by atoms with E-state index < -0.39 is 8.80 Å². The summed E-state index contributed by atoms with van der Waals surface area (Å²) in [4.78, 5) is 0. The summed E-state index contributed by atoms with van der Waals surface area (Å²) in [7, 11) is -0.715. The van der Waals surface area contributed by atoms with Gasteiger partial charge in [0.15, 0.2) is 0 Å². The molecule has 0 spiro atoms. The Morgan fingerprint density at radius 2 is 1.00 bits per heavy atom. The minimum Gasteiger partial charge on any atom is -0.245 e. The molecule has 0 nitrogen and oxygen atoms in total. The van der Waals surface area contributed by atoms with Crippen LogP contribution in [0.1, 0.15) is 20.8 Å². The SMILES string of the molecule is CC(C)(C)[Si-](c1ccccc1)c1ccccc1.[Na+]. The fourth-order valence-corrected chi connectivity index (χ4v) is 5.36. The Morgan fingerprint density at radius 3 is 1.28 bits per heavy atom. The molecule has 0 heterocycles. The Morgan fingerprint density at radius 1 is 0.667 bits per heavy atom. The zero-order chi connectivity index (χ0) is 12.3. The van der Waals surface area contributed by atoms with E-state index in [9.17, 15) is 0 Å². The Balaban J connectivity index is 0.00000162. The van der Waals surface area contributed by atoms with Crippen molar-refractivity contribution in [1.29, 1.82) is 0 Å². The first kappa shape index (κ1) is 15.7. The van der Waals surface area contributed by atoms with Crippen molar-refractivity contribution in [3.8, 4) is 0 Å². The van der Waals surface area contributed by atoms with Crippen LogP contribution in [0, 0.1) is 0 Å². The molecule has 0 unspecified atom stereocenters. The molecule has 0 amide bonds. The Bertz CT molecular complexity index is 420.